The number of benzene rings is 1. The van der Waals surface area contributed by atoms with Crippen LogP contribution >= 0.6 is 11.8 Å². The van der Waals surface area contributed by atoms with Crippen LogP contribution in [0.4, 0.5) is 5.82 Å². The summed E-state index contributed by atoms with van der Waals surface area (Å²) < 4.78 is 0. The minimum atomic E-state index is -1.12. The summed E-state index contributed by atoms with van der Waals surface area (Å²) in [6.07, 6.45) is 0. The molecule has 7 heteroatoms. The van der Waals surface area contributed by atoms with Crippen molar-refractivity contribution in [1.82, 2.24) is 10.2 Å². The van der Waals surface area contributed by atoms with E-state index in [0.29, 0.717) is 0 Å². The maximum Gasteiger partial charge on any atom is 0.353 e. The SMILES string of the molecule is Cc1ccccc1SCC(=O)Nc1cc(C(=O)O)[nH]n1. The second-order valence-electron chi connectivity index (χ2n) is 4.07. The molecule has 1 aromatic carbocycles. The third-order valence-corrected chi connectivity index (χ3v) is 3.70. The van der Waals surface area contributed by atoms with Crippen molar-refractivity contribution < 1.29 is 14.7 Å². The highest BCUT2D eigenvalue weighted by atomic mass is 32.2. The molecule has 0 spiro atoms. The highest BCUT2D eigenvalue weighted by molar-refractivity contribution is 8.00. The summed E-state index contributed by atoms with van der Waals surface area (Å²) >= 11 is 1.42. The predicted octanol–water partition coefficient (Wildman–Crippen LogP) is 2.15. The Balaban J connectivity index is 1.89. The highest BCUT2D eigenvalue weighted by Crippen LogP contribution is 2.21. The molecule has 1 amide bonds. The number of aryl methyl sites for hydroxylation is 1. The fourth-order valence-corrected chi connectivity index (χ4v) is 2.37. The third-order valence-electron chi connectivity index (χ3n) is 2.53. The summed E-state index contributed by atoms with van der Waals surface area (Å²) in [5.74, 6) is -0.910. The van der Waals surface area contributed by atoms with E-state index in [0.717, 1.165) is 10.5 Å². The number of aromatic carboxylic acids is 1. The molecule has 1 heterocycles. The molecule has 6 nitrogen and oxygen atoms in total. The van der Waals surface area contributed by atoms with Gasteiger partial charge in [0, 0.05) is 11.0 Å². The van der Waals surface area contributed by atoms with E-state index in [4.69, 9.17) is 5.11 Å². The highest BCUT2D eigenvalue weighted by Gasteiger charge is 2.10. The van der Waals surface area contributed by atoms with Gasteiger partial charge in [0.1, 0.15) is 5.69 Å². The van der Waals surface area contributed by atoms with Crippen molar-refractivity contribution in [2.45, 2.75) is 11.8 Å². The molecule has 104 valence electrons. The molecular weight excluding hydrogens is 278 g/mol. The lowest BCUT2D eigenvalue weighted by atomic mass is 10.2. The fourth-order valence-electron chi connectivity index (χ4n) is 1.54. The van der Waals surface area contributed by atoms with E-state index < -0.39 is 5.97 Å². The Morgan fingerprint density at radius 1 is 1.40 bits per heavy atom. The Hall–Kier alpha value is -2.28. The number of anilines is 1. The van der Waals surface area contributed by atoms with Crippen LogP contribution in [0.3, 0.4) is 0 Å². The van der Waals surface area contributed by atoms with Gasteiger partial charge in [-0.3, -0.25) is 9.89 Å². The number of hydrogen-bond donors (Lipinski definition) is 3. The molecule has 0 aliphatic carbocycles. The smallest absolute Gasteiger partial charge is 0.353 e. The number of aromatic amines is 1. The first-order chi connectivity index (χ1) is 9.56. The monoisotopic (exact) mass is 291 g/mol. The zero-order valence-electron chi connectivity index (χ0n) is 10.7. The maximum absolute atomic E-state index is 11.7. The molecule has 0 bridgehead atoms. The van der Waals surface area contributed by atoms with Crippen molar-refractivity contribution in [3.63, 3.8) is 0 Å². The fraction of sp³-hybridized carbons (Fsp3) is 0.154. The number of thioether (sulfide) groups is 1. The van der Waals surface area contributed by atoms with E-state index in [2.05, 4.69) is 15.5 Å². The molecule has 3 N–H and O–H groups in total. The Morgan fingerprint density at radius 3 is 2.80 bits per heavy atom. The van der Waals surface area contributed by atoms with Crippen molar-refractivity contribution >= 4 is 29.5 Å². The third kappa shape index (κ3) is 3.61. The van der Waals surface area contributed by atoms with Gasteiger partial charge in [-0.2, -0.15) is 5.10 Å². The molecule has 2 rings (SSSR count). The molecular formula is C13H13N3O3S. The van der Waals surface area contributed by atoms with Crippen LogP contribution in [0.2, 0.25) is 0 Å². The van der Waals surface area contributed by atoms with Gasteiger partial charge in [-0.15, -0.1) is 11.8 Å². The molecule has 0 atom stereocenters. The first-order valence-corrected chi connectivity index (χ1v) is 6.82. The van der Waals surface area contributed by atoms with Crippen molar-refractivity contribution in [2.24, 2.45) is 0 Å². The van der Waals surface area contributed by atoms with E-state index in [-0.39, 0.29) is 23.2 Å². The van der Waals surface area contributed by atoms with Crippen molar-refractivity contribution in [3.8, 4) is 0 Å². The van der Waals surface area contributed by atoms with Gasteiger partial charge < -0.3 is 10.4 Å². The summed E-state index contributed by atoms with van der Waals surface area (Å²) in [4.78, 5) is 23.4. The second-order valence-corrected chi connectivity index (χ2v) is 5.09. The van der Waals surface area contributed by atoms with Gasteiger partial charge in [0.15, 0.2) is 5.82 Å². The van der Waals surface area contributed by atoms with Gasteiger partial charge in [-0.1, -0.05) is 18.2 Å². The molecule has 1 aromatic heterocycles. The molecule has 0 aliphatic heterocycles. The standard InChI is InChI=1S/C13H13N3O3S/c1-8-4-2-3-5-10(8)20-7-12(17)14-11-6-9(13(18)19)15-16-11/h2-6H,7H2,1H3,(H,18,19)(H2,14,15,16,17). The van der Waals surface area contributed by atoms with Crippen LogP contribution in [-0.4, -0.2) is 32.9 Å². The van der Waals surface area contributed by atoms with Crippen LogP contribution in [0.25, 0.3) is 0 Å². The number of nitrogens with zero attached hydrogens (tertiary/aromatic N) is 1. The normalized spacial score (nSPS) is 10.2. The number of aromatic nitrogens is 2. The Morgan fingerprint density at radius 2 is 2.15 bits per heavy atom. The Kier molecular flexibility index (Phi) is 4.41. The molecule has 20 heavy (non-hydrogen) atoms. The molecule has 0 fully saturated rings. The van der Waals surface area contributed by atoms with E-state index in [1.54, 1.807) is 0 Å². The average molecular weight is 291 g/mol. The summed E-state index contributed by atoms with van der Waals surface area (Å²) in [7, 11) is 0. The van der Waals surface area contributed by atoms with E-state index in [9.17, 15) is 9.59 Å². The topological polar surface area (TPSA) is 95.1 Å². The number of carbonyl (C=O) groups excluding carboxylic acids is 1. The zero-order valence-corrected chi connectivity index (χ0v) is 11.5. The van der Waals surface area contributed by atoms with E-state index in [1.807, 2.05) is 31.2 Å². The number of carboxylic acid groups (broad SMARTS) is 1. The minimum absolute atomic E-state index is 0.0631. The summed E-state index contributed by atoms with van der Waals surface area (Å²) in [6, 6.07) is 9.06. The minimum Gasteiger partial charge on any atom is -0.477 e. The van der Waals surface area contributed by atoms with E-state index >= 15 is 0 Å². The molecule has 0 saturated heterocycles. The lowest BCUT2D eigenvalue weighted by Crippen LogP contribution is -2.14. The van der Waals surface area contributed by atoms with E-state index in [1.165, 1.54) is 17.8 Å². The second kappa shape index (κ2) is 6.25. The molecule has 0 radical (unpaired) electrons. The van der Waals surface area contributed by atoms with Crippen LogP contribution in [-0.2, 0) is 4.79 Å². The quantitative estimate of drug-likeness (QED) is 0.734. The summed E-state index contributed by atoms with van der Waals surface area (Å²) in [6.45, 7) is 1.98. The van der Waals surface area contributed by atoms with Crippen LogP contribution in [0.15, 0.2) is 35.2 Å². The molecule has 0 unspecified atom stereocenters. The maximum atomic E-state index is 11.7. The van der Waals surface area contributed by atoms with Gasteiger partial charge in [0.25, 0.3) is 0 Å². The number of amides is 1. The first kappa shape index (κ1) is 14.1. The van der Waals surface area contributed by atoms with Gasteiger partial charge in [-0.05, 0) is 18.6 Å². The van der Waals surface area contributed by atoms with Crippen LogP contribution in [0.1, 0.15) is 16.1 Å². The van der Waals surface area contributed by atoms with Crippen LogP contribution in [0.5, 0.6) is 0 Å². The number of nitrogens with one attached hydrogen (secondary N) is 2. The van der Waals surface area contributed by atoms with Gasteiger partial charge in [0.05, 0.1) is 5.75 Å². The number of H-pyrrole nitrogens is 1. The molecule has 2 aromatic rings. The predicted molar refractivity (Wildman–Crippen MR) is 76.1 cm³/mol. The van der Waals surface area contributed by atoms with Crippen molar-refractivity contribution in [2.75, 3.05) is 11.1 Å². The van der Waals surface area contributed by atoms with Gasteiger partial charge in [0.2, 0.25) is 5.91 Å². The lowest BCUT2D eigenvalue weighted by Gasteiger charge is -2.04. The largest absolute Gasteiger partial charge is 0.477 e. The van der Waals surface area contributed by atoms with Crippen LogP contribution < -0.4 is 5.32 Å². The number of hydrogen-bond acceptors (Lipinski definition) is 4. The molecule has 0 aliphatic rings. The average Bonchev–Trinajstić information content (AvgIpc) is 2.86. The van der Waals surface area contributed by atoms with Crippen molar-refractivity contribution in [3.05, 3.63) is 41.6 Å². The number of carbonyl (C=O) groups is 2. The number of carboxylic acids is 1. The Labute approximate surface area is 119 Å². The summed E-state index contributed by atoms with van der Waals surface area (Å²) in [5.41, 5.74) is 1.05. The summed E-state index contributed by atoms with van der Waals surface area (Å²) in [5, 5.41) is 17.3. The van der Waals surface area contributed by atoms with Gasteiger partial charge >= 0.3 is 5.97 Å². The lowest BCUT2D eigenvalue weighted by molar-refractivity contribution is -0.113. The van der Waals surface area contributed by atoms with Gasteiger partial charge in [-0.25, -0.2) is 4.79 Å². The molecule has 0 saturated carbocycles. The Bertz CT molecular complexity index is 639. The number of rotatable bonds is 5. The van der Waals surface area contributed by atoms with Crippen LogP contribution in [0, 0.1) is 6.92 Å². The van der Waals surface area contributed by atoms with Crippen molar-refractivity contribution in [1.29, 1.82) is 0 Å². The zero-order chi connectivity index (χ0) is 14.5. The first-order valence-electron chi connectivity index (χ1n) is 5.83.